The number of carbonyl (C=O) groups is 1. The first-order chi connectivity index (χ1) is 8.08. The molecule has 0 amide bonds. The molecule has 0 aromatic carbocycles. The summed E-state index contributed by atoms with van der Waals surface area (Å²) in [4.78, 5) is 17.7. The lowest BCUT2D eigenvalue weighted by molar-refractivity contribution is -0.142. The first-order valence-corrected chi connectivity index (χ1v) is 5.85. The van der Waals surface area contributed by atoms with Crippen molar-refractivity contribution in [1.82, 2.24) is 14.5 Å². The molecule has 1 atom stereocenters. The first-order valence-electron chi connectivity index (χ1n) is 5.85. The van der Waals surface area contributed by atoms with Crippen molar-refractivity contribution in [1.29, 1.82) is 0 Å². The highest BCUT2D eigenvalue weighted by Crippen LogP contribution is 2.09. The minimum atomic E-state index is -0.209. The van der Waals surface area contributed by atoms with Crippen LogP contribution in [0.1, 0.15) is 26.1 Å². The number of ether oxygens (including phenoxy) is 1. The zero-order valence-corrected chi connectivity index (χ0v) is 11.0. The monoisotopic (exact) mass is 239 g/mol. The Labute approximate surface area is 102 Å². The van der Waals surface area contributed by atoms with E-state index in [0.29, 0.717) is 19.1 Å². The number of esters is 1. The van der Waals surface area contributed by atoms with Gasteiger partial charge in [-0.25, -0.2) is 4.98 Å². The lowest BCUT2D eigenvalue weighted by atomic mass is 10.2. The topological polar surface area (TPSA) is 47.4 Å². The van der Waals surface area contributed by atoms with Crippen LogP contribution in [0.3, 0.4) is 0 Å². The molecule has 1 heterocycles. The Kier molecular flexibility index (Phi) is 5.15. The molecule has 1 rings (SSSR count). The van der Waals surface area contributed by atoms with Gasteiger partial charge in [0.05, 0.1) is 20.2 Å². The number of nitrogens with zero attached hydrogens (tertiary/aromatic N) is 3. The maximum atomic E-state index is 11.4. The van der Waals surface area contributed by atoms with Gasteiger partial charge in [0.1, 0.15) is 5.82 Å². The molecule has 0 aliphatic rings. The molecule has 0 spiro atoms. The van der Waals surface area contributed by atoms with E-state index in [9.17, 15) is 4.79 Å². The summed E-state index contributed by atoms with van der Waals surface area (Å²) in [6.45, 7) is 5.17. The lowest BCUT2D eigenvalue weighted by Gasteiger charge is -2.26. The predicted octanol–water partition coefficient (Wildman–Crippen LogP) is 1.19. The van der Waals surface area contributed by atoms with E-state index in [1.807, 2.05) is 17.8 Å². The smallest absolute Gasteiger partial charge is 0.319 e. The second-order valence-corrected chi connectivity index (χ2v) is 4.19. The Morgan fingerprint density at radius 2 is 2.35 bits per heavy atom. The van der Waals surface area contributed by atoms with E-state index in [0.717, 1.165) is 12.2 Å². The fourth-order valence-corrected chi connectivity index (χ4v) is 1.59. The van der Waals surface area contributed by atoms with Crippen LogP contribution in [0.4, 0.5) is 0 Å². The van der Waals surface area contributed by atoms with Gasteiger partial charge in [0.2, 0.25) is 0 Å². The maximum Gasteiger partial charge on any atom is 0.319 e. The molecule has 0 radical (unpaired) electrons. The molecule has 1 aromatic rings. The molecule has 5 heteroatoms. The average molecular weight is 239 g/mol. The van der Waals surface area contributed by atoms with E-state index < -0.39 is 0 Å². The van der Waals surface area contributed by atoms with Crippen molar-refractivity contribution < 1.29 is 9.53 Å². The van der Waals surface area contributed by atoms with Gasteiger partial charge in [0, 0.05) is 25.5 Å². The third-order valence-corrected chi connectivity index (χ3v) is 3.04. The van der Waals surface area contributed by atoms with Crippen molar-refractivity contribution in [3.8, 4) is 0 Å². The highest BCUT2D eigenvalue weighted by Gasteiger charge is 2.18. The van der Waals surface area contributed by atoms with Gasteiger partial charge in [-0.05, 0) is 13.3 Å². The predicted molar refractivity (Wildman–Crippen MR) is 65.4 cm³/mol. The van der Waals surface area contributed by atoms with Gasteiger partial charge in [-0.2, -0.15) is 0 Å². The molecule has 0 unspecified atom stereocenters. The van der Waals surface area contributed by atoms with Gasteiger partial charge in [-0.15, -0.1) is 0 Å². The minimum Gasteiger partial charge on any atom is -0.468 e. The quantitative estimate of drug-likeness (QED) is 0.700. The van der Waals surface area contributed by atoms with Crippen LogP contribution >= 0.6 is 0 Å². The van der Waals surface area contributed by atoms with Gasteiger partial charge in [0.15, 0.2) is 0 Å². The summed E-state index contributed by atoms with van der Waals surface area (Å²) in [5.74, 6) is 0.744. The van der Waals surface area contributed by atoms with E-state index in [4.69, 9.17) is 4.74 Å². The summed E-state index contributed by atoms with van der Waals surface area (Å²) in [6.07, 6.45) is 4.66. The number of imidazole rings is 1. The van der Waals surface area contributed by atoms with Gasteiger partial charge >= 0.3 is 5.97 Å². The standard InChI is InChI=1S/C12H21N3O2/c1-5-10(2)15(9-12(16)17-4)8-11-13-6-7-14(11)3/h6-7,10H,5,8-9H2,1-4H3/t10-/m1/s1. The van der Waals surface area contributed by atoms with E-state index in [2.05, 4.69) is 23.7 Å². The molecule has 0 N–H and O–H groups in total. The van der Waals surface area contributed by atoms with Crippen molar-refractivity contribution in [3.63, 3.8) is 0 Å². The Morgan fingerprint density at radius 1 is 1.65 bits per heavy atom. The molecule has 5 nitrogen and oxygen atoms in total. The molecule has 17 heavy (non-hydrogen) atoms. The number of aromatic nitrogens is 2. The summed E-state index contributed by atoms with van der Waals surface area (Å²) in [5.41, 5.74) is 0. The molecule has 0 saturated heterocycles. The third kappa shape index (κ3) is 3.85. The average Bonchev–Trinajstić information content (AvgIpc) is 2.73. The van der Waals surface area contributed by atoms with Crippen molar-refractivity contribution in [2.24, 2.45) is 7.05 Å². The van der Waals surface area contributed by atoms with E-state index in [-0.39, 0.29) is 5.97 Å². The minimum absolute atomic E-state index is 0.209. The maximum absolute atomic E-state index is 11.4. The van der Waals surface area contributed by atoms with Crippen LogP contribution in [-0.2, 0) is 23.1 Å². The van der Waals surface area contributed by atoms with Crippen LogP contribution in [0, 0.1) is 0 Å². The Balaban J connectivity index is 2.70. The molecular formula is C12H21N3O2. The number of rotatable bonds is 6. The Morgan fingerprint density at radius 3 is 2.82 bits per heavy atom. The van der Waals surface area contributed by atoms with E-state index in [1.165, 1.54) is 7.11 Å². The summed E-state index contributed by atoms with van der Waals surface area (Å²) in [7, 11) is 3.37. The highest BCUT2D eigenvalue weighted by atomic mass is 16.5. The largest absolute Gasteiger partial charge is 0.468 e. The molecule has 0 aliphatic carbocycles. The van der Waals surface area contributed by atoms with Crippen molar-refractivity contribution in [2.75, 3.05) is 13.7 Å². The van der Waals surface area contributed by atoms with Crippen molar-refractivity contribution in [3.05, 3.63) is 18.2 Å². The normalized spacial score (nSPS) is 12.8. The highest BCUT2D eigenvalue weighted by molar-refractivity contribution is 5.71. The number of aryl methyl sites for hydroxylation is 1. The third-order valence-electron chi connectivity index (χ3n) is 3.04. The van der Waals surface area contributed by atoms with Crippen LogP contribution in [0.2, 0.25) is 0 Å². The van der Waals surface area contributed by atoms with Gasteiger partial charge in [0.25, 0.3) is 0 Å². The Hall–Kier alpha value is -1.36. The van der Waals surface area contributed by atoms with Crippen LogP contribution in [0.25, 0.3) is 0 Å². The number of methoxy groups -OCH3 is 1. The first kappa shape index (κ1) is 13.7. The molecule has 0 bridgehead atoms. The Bertz CT molecular complexity index is 362. The van der Waals surface area contributed by atoms with Crippen LogP contribution in [0.5, 0.6) is 0 Å². The summed E-state index contributed by atoms with van der Waals surface area (Å²) in [5, 5.41) is 0. The van der Waals surface area contributed by atoms with Crippen molar-refractivity contribution >= 4 is 5.97 Å². The van der Waals surface area contributed by atoms with Crippen LogP contribution in [-0.4, -0.2) is 40.1 Å². The molecule has 0 saturated carbocycles. The van der Waals surface area contributed by atoms with E-state index in [1.54, 1.807) is 6.20 Å². The van der Waals surface area contributed by atoms with Crippen LogP contribution in [0.15, 0.2) is 12.4 Å². The van der Waals surface area contributed by atoms with Gasteiger partial charge in [-0.1, -0.05) is 6.92 Å². The fourth-order valence-electron chi connectivity index (χ4n) is 1.59. The zero-order chi connectivity index (χ0) is 12.8. The SMILES string of the molecule is CC[C@@H](C)N(CC(=O)OC)Cc1nccn1C. The number of hydrogen-bond donors (Lipinski definition) is 0. The summed E-state index contributed by atoms with van der Waals surface area (Å²) >= 11 is 0. The lowest BCUT2D eigenvalue weighted by Crippen LogP contribution is -2.37. The van der Waals surface area contributed by atoms with Gasteiger partial charge in [-0.3, -0.25) is 9.69 Å². The molecular weight excluding hydrogens is 218 g/mol. The van der Waals surface area contributed by atoms with E-state index >= 15 is 0 Å². The second kappa shape index (κ2) is 6.39. The molecule has 0 fully saturated rings. The zero-order valence-electron chi connectivity index (χ0n) is 11.0. The van der Waals surface area contributed by atoms with Gasteiger partial charge < -0.3 is 9.30 Å². The van der Waals surface area contributed by atoms with Crippen LogP contribution < -0.4 is 0 Å². The number of hydrogen-bond acceptors (Lipinski definition) is 4. The molecule has 1 aromatic heterocycles. The van der Waals surface area contributed by atoms with Crippen molar-refractivity contribution in [2.45, 2.75) is 32.9 Å². The molecule has 96 valence electrons. The summed E-state index contributed by atoms with van der Waals surface area (Å²) in [6, 6.07) is 0.325. The summed E-state index contributed by atoms with van der Waals surface area (Å²) < 4.78 is 6.68. The number of carbonyl (C=O) groups excluding carboxylic acids is 1. The molecule has 0 aliphatic heterocycles. The fraction of sp³-hybridized carbons (Fsp3) is 0.667. The second-order valence-electron chi connectivity index (χ2n) is 4.19.